The topological polar surface area (TPSA) is 87.1 Å². The van der Waals surface area contributed by atoms with Gasteiger partial charge in [-0.2, -0.15) is 5.26 Å². The molecule has 0 fully saturated rings. The summed E-state index contributed by atoms with van der Waals surface area (Å²) in [7, 11) is 1.65. The van der Waals surface area contributed by atoms with E-state index in [0.29, 0.717) is 26.0 Å². The number of nitrogens with one attached hydrogen (secondary N) is 2. The Bertz CT molecular complexity index is 1000. The minimum Gasteiger partial charge on any atom is -0.497 e. The van der Waals surface area contributed by atoms with E-state index in [2.05, 4.69) is 16.4 Å². The Kier molecular flexibility index (Phi) is 6.18. The van der Waals surface area contributed by atoms with E-state index in [1.165, 1.54) is 6.92 Å². The van der Waals surface area contributed by atoms with Gasteiger partial charge in [-0.05, 0) is 53.9 Å². The van der Waals surface area contributed by atoms with Crippen LogP contribution in [0.15, 0.2) is 42.5 Å². The van der Waals surface area contributed by atoms with Gasteiger partial charge in [-0.25, -0.2) is 0 Å². The van der Waals surface area contributed by atoms with Crippen LogP contribution in [0, 0.1) is 11.3 Å². The van der Waals surface area contributed by atoms with Crippen molar-refractivity contribution in [1.29, 1.82) is 5.26 Å². The smallest absolute Gasteiger partial charge is 0.216 e. The van der Waals surface area contributed by atoms with E-state index in [1.807, 2.05) is 42.5 Å². The number of hydrogen-bond donors (Lipinski definition) is 2. The number of hydrogen-bond acceptors (Lipinski definition) is 4. The third-order valence-corrected chi connectivity index (χ3v) is 4.49. The number of ether oxygens (including phenoxy) is 2. The Balaban J connectivity index is 1.85. The monoisotopic (exact) mass is 377 g/mol. The van der Waals surface area contributed by atoms with Gasteiger partial charge in [-0.3, -0.25) is 4.79 Å². The maximum Gasteiger partial charge on any atom is 0.216 e. The van der Waals surface area contributed by atoms with Crippen molar-refractivity contribution in [2.45, 2.75) is 19.8 Å². The Labute approximate surface area is 164 Å². The molecule has 3 rings (SSSR count). The number of rotatable bonds is 8. The number of aromatic nitrogens is 1. The number of fused-ring (bicyclic) bond motifs is 1. The number of aromatic amines is 1. The number of benzene rings is 2. The van der Waals surface area contributed by atoms with Crippen LogP contribution in [0.2, 0.25) is 0 Å². The molecule has 2 aromatic carbocycles. The number of carbonyl (C=O) groups excluding carboxylic acids is 1. The van der Waals surface area contributed by atoms with Crippen molar-refractivity contribution >= 4 is 16.8 Å². The molecule has 0 aliphatic rings. The quantitative estimate of drug-likeness (QED) is 0.584. The normalized spacial score (nSPS) is 10.5. The van der Waals surface area contributed by atoms with E-state index in [0.717, 1.165) is 39.2 Å². The van der Waals surface area contributed by atoms with Crippen LogP contribution in [0.25, 0.3) is 22.2 Å². The fourth-order valence-corrected chi connectivity index (χ4v) is 3.16. The molecule has 0 aliphatic carbocycles. The summed E-state index contributed by atoms with van der Waals surface area (Å²) in [5, 5.41) is 12.8. The van der Waals surface area contributed by atoms with Gasteiger partial charge in [0.05, 0.1) is 19.7 Å². The number of nitriles is 1. The second kappa shape index (κ2) is 8.96. The lowest BCUT2D eigenvalue weighted by Crippen LogP contribution is -2.25. The zero-order chi connectivity index (χ0) is 19.9. The molecule has 6 heteroatoms. The zero-order valence-corrected chi connectivity index (χ0v) is 16.0. The molecule has 0 saturated heterocycles. The summed E-state index contributed by atoms with van der Waals surface area (Å²) < 4.78 is 11.0. The van der Waals surface area contributed by atoms with Crippen LogP contribution in [0.3, 0.4) is 0 Å². The van der Waals surface area contributed by atoms with Gasteiger partial charge in [0.25, 0.3) is 0 Å². The second-order valence-electron chi connectivity index (χ2n) is 6.40. The number of aryl methyl sites for hydroxylation is 1. The minimum absolute atomic E-state index is 0.0701. The number of H-pyrrole nitrogens is 1. The van der Waals surface area contributed by atoms with E-state index in [-0.39, 0.29) is 5.91 Å². The average molecular weight is 377 g/mol. The summed E-state index contributed by atoms with van der Waals surface area (Å²) in [6.45, 7) is 2.37. The van der Waals surface area contributed by atoms with Gasteiger partial charge in [0.15, 0.2) is 0 Å². The number of amides is 1. The van der Waals surface area contributed by atoms with Crippen LogP contribution < -0.4 is 14.8 Å². The van der Waals surface area contributed by atoms with Crippen molar-refractivity contribution in [3.05, 3.63) is 48.0 Å². The lowest BCUT2D eigenvalue weighted by atomic mass is 10.0. The van der Waals surface area contributed by atoms with Crippen molar-refractivity contribution in [2.75, 3.05) is 20.3 Å². The highest BCUT2D eigenvalue weighted by Crippen LogP contribution is 2.33. The molecule has 0 saturated carbocycles. The highest BCUT2D eigenvalue weighted by molar-refractivity contribution is 5.91. The van der Waals surface area contributed by atoms with Gasteiger partial charge in [0.2, 0.25) is 5.91 Å². The molecule has 0 aliphatic heterocycles. The number of methoxy groups -OCH3 is 1. The van der Waals surface area contributed by atoms with Crippen LogP contribution >= 0.6 is 0 Å². The SMILES string of the molecule is COc1ccc2c(CCC#N)c(-c3ccc(OCCNC(C)=O)cc3)[nH]c2c1. The molecular weight excluding hydrogens is 354 g/mol. The predicted octanol–water partition coefficient (Wildman–Crippen LogP) is 3.81. The molecule has 6 nitrogen and oxygen atoms in total. The van der Waals surface area contributed by atoms with Crippen LogP contribution in [0.5, 0.6) is 11.5 Å². The molecule has 144 valence electrons. The lowest BCUT2D eigenvalue weighted by molar-refractivity contribution is -0.119. The first-order valence-corrected chi connectivity index (χ1v) is 9.15. The summed E-state index contributed by atoms with van der Waals surface area (Å²) in [5.41, 5.74) is 4.14. The molecule has 1 amide bonds. The van der Waals surface area contributed by atoms with Gasteiger partial charge >= 0.3 is 0 Å². The molecule has 1 aromatic heterocycles. The third kappa shape index (κ3) is 4.44. The molecule has 0 unspecified atom stereocenters. The first-order chi connectivity index (χ1) is 13.6. The molecular formula is C22H23N3O3. The Morgan fingerprint density at radius 1 is 1.18 bits per heavy atom. The van der Waals surface area contributed by atoms with Gasteiger partial charge in [0.1, 0.15) is 18.1 Å². The van der Waals surface area contributed by atoms with Crippen molar-refractivity contribution in [3.8, 4) is 28.8 Å². The van der Waals surface area contributed by atoms with E-state index in [9.17, 15) is 4.79 Å². The molecule has 28 heavy (non-hydrogen) atoms. The maximum atomic E-state index is 10.9. The van der Waals surface area contributed by atoms with Crippen LogP contribution in [-0.4, -0.2) is 31.2 Å². The third-order valence-electron chi connectivity index (χ3n) is 4.49. The van der Waals surface area contributed by atoms with Crippen LogP contribution in [0.1, 0.15) is 18.9 Å². The summed E-state index contributed by atoms with van der Waals surface area (Å²) in [6, 6.07) is 16.0. The summed E-state index contributed by atoms with van der Waals surface area (Å²) in [6.07, 6.45) is 1.13. The fourth-order valence-electron chi connectivity index (χ4n) is 3.16. The van der Waals surface area contributed by atoms with Gasteiger partial charge in [0, 0.05) is 36.0 Å². The van der Waals surface area contributed by atoms with Gasteiger partial charge in [-0.1, -0.05) is 0 Å². The lowest BCUT2D eigenvalue weighted by Gasteiger charge is -2.08. The maximum absolute atomic E-state index is 10.9. The van der Waals surface area contributed by atoms with Crippen molar-refractivity contribution in [3.63, 3.8) is 0 Å². The molecule has 0 atom stereocenters. The number of carbonyl (C=O) groups is 1. The van der Waals surface area contributed by atoms with Crippen LogP contribution in [0.4, 0.5) is 0 Å². The summed E-state index contributed by atoms with van der Waals surface area (Å²) >= 11 is 0. The van der Waals surface area contributed by atoms with Gasteiger partial charge in [-0.15, -0.1) is 0 Å². The summed E-state index contributed by atoms with van der Waals surface area (Å²) in [5.74, 6) is 1.46. The largest absolute Gasteiger partial charge is 0.497 e. The highest BCUT2D eigenvalue weighted by Gasteiger charge is 2.14. The van der Waals surface area contributed by atoms with Crippen molar-refractivity contribution in [1.82, 2.24) is 10.3 Å². The Hall–Kier alpha value is -3.46. The van der Waals surface area contributed by atoms with E-state index in [4.69, 9.17) is 14.7 Å². The second-order valence-corrected chi connectivity index (χ2v) is 6.40. The Morgan fingerprint density at radius 2 is 1.93 bits per heavy atom. The van der Waals surface area contributed by atoms with E-state index >= 15 is 0 Å². The van der Waals surface area contributed by atoms with Gasteiger partial charge < -0.3 is 19.8 Å². The Morgan fingerprint density at radius 3 is 2.61 bits per heavy atom. The molecule has 0 bridgehead atoms. The van der Waals surface area contributed by atoms with Crippen molar-refractivity contribution < 1.29 is 14.3 Å². The molecule has 0 radical (unpaired) electrons. The zero-order valence-electron chi connectivity index (χ0n) is 16.0. The predicted molar refractivity (Wildman–Crippen MR) is 108 cm³/mol. The van der Waals surface area contributed by atoms with E-state index in [1.54, 1.807) is 7.11 Å². The standard InChI is InChI=1S/C22H23N3O3/c1-15(26)24-12-13-28-17-7-5-16(6-8-17)22-20(4-3-11-23)19-10-9-18(27-2)14-21(19)25-22/h5-10,14,25H,3-4,12-13H2,1-2H3,(H,24,26). The van der Waals surface area contributed by atoms with Crippen LogP contribution in [-0.2, 0) is 11.2 Å². The van der Waals surface area contributed by atoms with E-state index < -0.39 is 0 Å². The average Bonchev–Trinajstić information content (AvgIpc) is 3.07. The first-order valence-electron chi connectivity index (χ1n) is 9.15. The molecule has 1 heterocycles. The molecule has 3 aromatic rings. The molecule has 2 N–H and O–H groups in total. The fraction of sp³-hybridized carbons (Fsp3) is 0.273. The first kappa shape index (κ1) is 19.3. The highest BCUT2D eigenvalue weighted by atomic mass is 16.5. The summed E-state index contributed by atoms with van der Waals surface area (Å²) in [4.78, 5) is 14.4. The van der Waals surface area contributed by atoms with Crippen molar-refractivity contribution in [2.24, 2.45) is 0 Å². The minimum atomic E-state index is -0.0701. The molecule has 0 spiro atoms. The number of nitrogens with zero attached hydrogens (tertiary/aromatic N) is 1.